The van der Waals surface area contributed by atoms with E-state index < -0.39 is 23.7 Å². The molecule has 0 fully saturated rings. The zero-order chi connectivity index (χ0) is 22.7. The minimum Gasteiger partial charge on any atom is -0.459 e. The van der Waals surface area contributed by atoms with Crippen LogP contribution in [0.25, 0.3) is 16.7 Å². The van der Waals surface area contributed by atoms with E-state index in [4.69, 9.17) is 9.47 Å². The molecule has 0 spiro atoms. The van der Waals surface area contributed by atoms with Gasteiger partial charge in [-0.2, -0.15) is 4.52 Å². The number of benzene rings is 1. The second kappa shape index (κ2) is 8.61. The fourth-order valence-electron chi connectivity index (χ4n) is 3.14. The number of carbonyl (C=O) groups is 2. The fraction of sp³-hybridized carbons (Fsp3) is 0.333. The summed E-state index contributed by atoms with van der Waals surface area (Å²) < 4.78 is 14.0. The third-order valence-electron chi connectivity index (χ3n) is 4.54. The zero-order valence-corrected chi connectivity index (χ0v) is 17.9. The Hall–Kier alpha value is -4.02. The van der Waals surface area contributed by atoms with E-state index in [0.29, 0.717) is 16.7 Å². The van der Waals surface area contributed by atoms with Crippen LogP contribution in [-0.4, -0.2) is 53.3 Å². The van der Waals surface area contributed by atoms with Crippen LogP contribution < -0.4 is 5.32 Å². The Morgan fingerprint density at radius 3 is 2.66 bits per heavy atom. The molecule has 0 saturated carbocycles. The highest BCUT2D eigenvalue weighted by molar-refractivity contribution is 5.89. The van der Waals surface area contributed by atoms with E-state index >= 15 is 0 Å². The molecule has 4 rings (SSSR count). The van der Waals surface area contributed by atoms with Crippen LogP contribution in [0.5, 0.6) is 0 Å². The van der Waals surface area contributed by atoms with Gasteiger partial charge in [-0.15, -0.1) is 5.10 Å². The number of nitrogens with zero attached hydrogens (tertiary/aromatic N) is 6. The van der Waals surface area contributed by atoms with Gasteiger partial charge in [0.2, 0.25) is 0 Å². The third-order valence-corrected chi connectivity index (χ3v) is 4.54. The molecule has 0 aliphatic rings. The van der Waals surface area contributed by atoms with Crippen LogP contribution in [0.15, 0.2) is 48.9 Å². The van der Waals surface area contributed by atoms with Gasteiger partial charge in [0, 0.05) is 6.20 Å². The summed E-state index contributed by atoms with van der Waals surface area (Å²) in [6, 6.07) is 10.1. The summed E-state index contributed by atoms with van der Waals surface area (Å²) in [7, 11) is 0. The molecule has 1 N–H and O–H groups in total. The van der Waals surface area contributed by atoms with Gasteiger partial charge >= 0.3 is 12.1 Å². The van der Waals surface area contributed by atoms with E-state index in [1.807, 2.05) is 30.3 Å². The Morgan fingerprint density at radius 2 is 1.91 bits per heavy atom. The number of hydrogen-bond acceptors (Lipinski definition) is 8. The summed E-state index contributed by atoms with van der Waals surface area (Å²) in [5.74, 6) is -0.591. The first kappa shape index (κ1) is 21.2. The molecule has 3 heterocycles. The van der Waals surface area contributed by atoms with Crippen LogP contribution in [0.3, 0.4) is 0 Å². The Bertz CT molecular complexity index is 1240. The number of amides is 1. The topological polar surface area (TPSA) is 126 Å². The average molecular weight is 437 g/mol. The Balaban J connectivity index is 1.56. The van der Waals surface area contributed by atoms with Crippen LogP contribution in [0, 0.1) is 0 Å². The predicted molar refractivity (Wildman–Crippen MR) is 113 cm³/mol. The van der Waals surface area contributed by atoms with Gasteiger partial charge in [-0.05, 0) is 42.8 Å². The lowest BCUT2D eigenvalue weighted by molar-refractivity contribution is -0.147. The Morgan fingerprint density at radius 1 is 1.12 bits per heavy atom. The zero-order valence-electron chi connectivity index (χ0n) is 17.9. The van der Waals surface area contributed by atoms with Crippen LogP contribution in [-0.2, 0) is 27.4 Å². The number of alkyl carbamates (subject to hydrolysis) is 1. The quantitative estimate of drug-likeness (QED) is 0.455. The first-order valence-corrected chi connectivity index (χ1v) is 10.0. The molecule has 166 valence electrons. The molecule has 3 aromatic heterocycles. The number of esters is 1. The Kier molecular flexibility index (Phi) is 5.71. The predicted octanol–water partition coefficient (Wildman–Crippen LogP) is 2.11. The first-order valence-electron chi connectivity index (χ1n) is 10.0. The largest absolute Gasteiger partial charge is 0.459 e. The summed E-state index contributed by atoms with van der Waals surface area (Å²) in [5.41, 5.74) is 1.24. The molecule has 1 amide bonds. The maximum Gasteiger partial charge on any atom is 0.408 e. The van der Waals surface area contributed by atoms with E-state index in [-0.39, 0.29) is 13.2 Å². The lowest BCUT2D eigenvalue weighted by Gasteiger charge is -2.23. The second-order valence-electron chi connectivity index (χ2n) is 8.19. The van der Waals surface area contributed by atoms with Crippen molar-refractivity contribution in [2.24, 2.45) is 0 Å². The fourth-order valence-corrected chi connectivity index (χ4v) is 3.14. The van der Waals surface area contributed by atoms with Gasteiger partial charge in [-0.25, -0.2) is 14.6 Å². The molecule has 0 saturated heterocycles. The number of ether oxygens (including phenoxy) is 2. The van der Waals surface area contributed by atoms with Gasteiger partial charge in [-0.1, -0.05) is 30.3 Å². The molecule has 4 aromatic rings. The number of nitrogens with one attached hydrogen (secondary N) is 1. The minimum absolute atomic E-state index is 0.0844. The summed E-state index contributed by atoms with van der Waals surface area (Å²) in [4.78, 5) is 29.6. The van der Waals surface area contributed by atoms with Crippen molar-refractivity contribution in [3.05, 3.63) is 54.5 Å². The summed E-state index contributed by atoms with van der Waals surface area (Å²) in [5, 5.41) is 14.8. The van der Waals surface area contributed by atoms with Gasteiger partial charge in [-0.3, -0.25) is 0 Å². The molecule has 0 aliphatic carbocycles. The summed E-state index contributed by atoms with van der Waals surface area (Å²) in [6.45, 7) is 5.41. The van der Waals surface area contributed by atoms with E-state index in [1.165, 1.54) is 10.8 Å². The molecular formula is C21H23N7O4. The molecule has 11 heteroatoms. The molecule has 0 radical (unpaired) electrons. The van der Waals surface area contributed by atoms with Crippen molar-refractivity contribution in [1.29, 1.82) is 0 Å². The minimum atomic E-state index is -1.00. The Labute approximate surface area is 183 Å². The van der Waals surface area contributed by atoms with Crippen molar-refractivity contribution in [1.82, 2.24) is 34.9 Å². The molecule has 1 aromatic carbocycles. The SMILES string of the molecule is CC(C)(C)OC(=O)NC(Cn1ccc2c1ncn1nnnc21)C(=O)OCc1ccccc1. The normalized spacial score (nSPS) is 12.6. The summed E-state index contributed by atoms with van der Waals surface area (Å²) in [6.07, 6.45) is 2.52. The van der Waals surface area contributed by atoms with Gasteiger partial charge in [0.15, 0.2) is 5.65 Å². The highest BCUT2D eigenvalue weighted by Gasteiger charge is 2.27. The van der Waals surface area contributed by atoms with E-state index in [9.17, 15) is 9.59 Å². The van der Waals surface area contributed by atoms with Gasteiger partial charge in [0.25, 0.3) is 0 Å². The maximum atomic E-state index is 12.9. The number of hydrogen-bond donors (Lipinski definition) is 1. The van der Waals surface area contributed by atoms with Crippen LogP contribution in [0.4, 0.5) is 4.79 Å². The van der Waals surface area contributed by atoms with Crippen molar-refractivity contribution < 1.29 is 19.1 Å². The van der Waals surface area contributed by atoms with Gasteiger partial charge in [0.1, 0.15) is 30.2 Å². The van der Waals surface area contributed by atoms with Crippen LogP contribution in [0.1, 0.15) is 26.3 Å². The number of rotatable bonds is 6. The third kappa shape index (κ3) is 4.82. The number of tetrazole rings is 1. The smallest absolute Gasteiger partial charge is 0.408 e. The monoisotopic (exact) mass is 437 g/mol. The molecule has 1 unspecified atom stereocenters. The van der Waals surface area contributed by atoms with Crippen molar-refractivity contribution in [2.75, 3.05) is 0 Å². The second-order valence-corrected chi connectivity index (χ2v) is 8.19. The molecule has 0 aliphatic heterocycles. The molecule has 11 nitrogen and oxygen atoms in total. The number of carbonyl (C=O) groups excluding carboxylic acids is 2. The van der Waals surface area contributed by atoms with Crippen molar-refractivity contribution in [3.63, 3.8) is 0 Å². The van der Waals surface area contributed by atoms with E-state index in [1.54, 1.807) is 37.6 Å². The average Bonchev–Trinajstić information content (AvgIpc) is 3.37. The standard InChI is InChI=1S/C21H23N7O4/c1-21(2,3)32-20(30)23-16(19(29)31-12-14-7-5-4-6-8-14)11-27-10-9-15-17(27)22-13-28-18(15)24-25-26-28/h4-10,13,16H,11-12H2,1-3H3,(H,23,30). The lowest BCUT2D eigenvalue weighted by atomic mass is 10.2. The molecular weight excluding hydrogens is 414 g/mol. The first-order chi connectivity index (χ1) is 15.3. The number of fused-ring (bicyclic) bond motifs is 3. The number of aromatic nitrogens is 6. The van der Waals surface area contributed by atoms with Gasteiger partial charge < -0.3 is 19.4 Å². The molecule has 0 bridgehead atoms. The van der Waals surface area contributed by atoms with E-state index in [2.05, 4.69) is 25.8 Å². The van der Waals surface area contributed by atoms with E-state index in [0.717, 1.165) is 5.56 Å². The van der Waals surface area contributed by atoms with Crippen molar-refractivity contribution in [2.45, 2.75) is 45.6 Å². The van der Waals surface area contributed by atoms with Crippen LogP contribution >= 0.6 is 0 Å². The van der Waals surface area contributed by atoms with Crippen LogP contribution in [0.2, 0.25) is 0 Å². The lowest BCUT2D eigenvalue weighted by Crippen LogP contribution is -2.46. The summed E-state index contributed by atoms with van der Waals surface area (Å²) >= 11 is 0. The highest BCUT2D eigenvalue weighted by atomic mass is 16.6. The van der Waals surface area contributed by atoms with Crippen molar-refractivity contribution >= 4 is 28.7 Å². The van der Waals surface area contributed by atoms with Crippen molar-refractivity contribution in [3.8, 4) is 0 Å². The molecule has 32 heavy (non-hydrogen) atoms. The highest BCUT2D eigenvalue weighted by Crippen LogP contribution is 2.18. The molecule has 1 atom stereocenters. The van der Waals surface area contributed by atoms with Gasteiger partial charge in [0.05, 0.1) is 11.9 Å². The maximum absolute atomic E-state index is 12.9.